The monoisotopic (exact) mass is 218 g/mol. The fourth-order valence-corrected chi connectivity index (χ4v) is 1.39. The number of rotatable bonds is 5. The van der Waals surface area contributed by atoms with Gasteiger partial charge in [-0.25, -0.2) is 0 Å². The van der Waals surface area contributed by atoms with Gasteiger partial charge in [0.25, 0.3) is 0 Å². The van der Waals surface area contributed by atoms with E-state index in [1.54, 1.807) is 6.07 Å². The third kappa shape index (κ3) is 3.92. The van der Waals surface area contributed by atoms with Crippen LogP contribution in [0.1, 0.15) is 25.0 Å². The minimum atomic E-state index is 0.477. The van der Waals surface area contributed by atoms with Crippen LogP contribution >= 0.6 is 0 Å². The summed E-state index contributed by atoms with van der Waals surface area (Å²) in [5.41, 5.74) is 1.67. The van der Waals surface area contributed by atoms with Crippen molar-refractivity contribution in [1.82, 2.24) is 5.32 Å². The Morgan fingerprint density at radius 1 is 1.44 bits per heavy atom. The van der Waals surface area contributed by atoms with E-state index in [1.165, 1.54) is 0 Å². The van der Waals surface area contributed by atoms with E-state index in [0.29, 0.717) is 18.2 Å². The fourth-order valence-electron chi connectivity index (χ4n) is 1.39. The number of ether oxygens (including phenoxy) is 1. The van der Waals surface area contributed by atoms with E-state index in [1.807, 2.05) is 19.1 Å². The molecule has 0 amide bonds. The molecule has 0 spiro atoms. The highest BCUT2D eigenvalue weighted by atomic mass is 16.5. The molecule has 0 heterocycles. The van der Waals surface area contributed by atoms with Gasteiger partial charge in [-0.15, -0.1) is 0 Å². The van der Waals surface area contributed by atoms with Gasteiger partial charge in [0.15, 0.2) is 0 Å². The number of aryl methyl sites for hydroxylation is 1. The predicted molar refractivity (Wildman–Crippen MR) is 64.5 cm³/mol. The number of nitrogens with zero attached hydrogens (tertiary/aromatic N) is 1. The summed E-state index contributed by atoms with van der Waals surface area (Å²) in [7, 11) is 0. The number of hydrogen-bond acceptors (Lipinski definition) is 3. The predicted octanol–water partition coefficient (Wildman–Crippen LogP) is 2.24. The minimum absolute atomic E-state index is 0.477. The first-order chi connectivity index (χ1) is 7.63. The van der Waals surface area contributed by atoms with Crippen molar-refractivity contribution in [2.45, 2.75) is 26.8 Å². The molecule has 3 nitrogen and oxygen atoms in total. The molecule has 1 N–H and O–H groups in total. The van der Waals surface area contributed by atoms with Gasteiger partial charge in [0, 0.05) is 12.6 Å². The van der Waals surface area contributed by atoms with Crippen molar-refractivity contribution in [2.24, 2.45) is 0 Å². The lowest BCUT2D eigenvalue weighted by Crippen LogP contribution is -2.27. The lowest BCUT2D eigenvalue weighted by molar-refractivity contribution is 0.307. The molecule has 16 heavy (non-hydrogen) atoms. The molecule has 1 aromatic carbocycles. The van der Waals surface area contributed by atoms with Gasteiger partial charge in [-0.05, 0) is 30.7 Å². The number of nitrogens with one attached hydrogen (secondary N) is 1. The zero-order chi connectivity index (χ0) is 12.0. The summed E-state index contributed by atoms with van der Waals surface area (Å²) in [6, 6.07) is 8.05. The summed E-state index contributed by atoms with van der Waals surface area (Å²) >= 11 is 0. The highest BCUT2D eigenvalue weighted by Crippen LogP contribution is 2.18. The highest BCUT2D eigenvalue weighted by molar-refractivity contribution is 5.41. The van der Waals surface area contributed by atoms with Gasteiger partial charge in [0.1, 0.15) is 12.4 Å². The summed E-state index contributed by atoms with van der Waals surface area (Å²) in [4.78, 5) is 0. The van der Waals surface area contributed by atoms with Gasteiger partial charge in [-0.1, -0.05) is 13.8 Å². The summed E-state index contributed by atoms with van der Waals surface area (Å²) < 4.78 is 5.61. The summed E-state index contributed by atoms with van der Waals surface area (Å²) in [6.07, 6.45) is 0. The Morgan fingerprint density at radius 2 is 2.19 bits per heavy atom. The molecule has 1 aromatic rings. The highest BCUT2D eigenvalue weighted by Gasteiger charge is 2.00. The zero-order valence-electron chi connectivity index (χ0n) is 10.1. The van der Waals surface area contributed by atoms with Crippen LogP contribution in [0.5, 0.6) is 5.75 Å². The topological polar surface area (TPSA) is 45.0 Å². The Balaban J connectivity index is 2.46. The minimum Gasteiger partial charge on any atom is -0.492 e. The van der Waals surface area contributed by atoms with E-state index < -0.39 is 0 Å². The molecule has 0 atom stereocenters. The summed E-state index contributed by atoms with van der Waals surface area (Å²) in [6.45, 7) is 7.63. The van der Waals surface area contributed by atoms with Crippen molar-refractivity contribution in [3.05, 3.63) is 29.3 Å². The van der Waals surface area contributed by atoms with Crippen molar-refractivity contribution >= 4 is 0 Å². The van der Waals surface area contributed by atoms with Gasteiger partial charge in [-0.2, -0.15) is 5.26 Å². The lowest BCUT2D eigenvalue weighted by atomic mass is 10.1. The standard InChI is InChI=1S/C13H18N2O/c1-10(2)15-6-7-16-13-5-4-12(9-14)8-11(13)3/h4-5,8,10,15H,6-7H2,1-3H3. The Hall–Kier alpha value is -1.53. The second-order valence-electron chi connectivity index (χ2n) is 4.05. The molecule has 0 bridgehead atoms. The van der Waals surface area contributed by atoms with E-state index in [2.05, 4.69) is 25.2 Å². The fraction of sp³-hybridized carbons (Fsp3) is 0.462. The molecule has 0 saturated heterocycles. The maximum atomic E-state index is 8.73. The van der Waals surface area contributed by atoms with E-state index >= 15 is 0 Å². The van der Waals surface area contributed by atoms with E-state index in [-0.39, 0.29) is 0 Å². The van der Waals surface area contributed by atoms with E-state index in [4.69, 9.17) is 10.00 Å². The van der Waals surface area contributed by atoms with Crippen LogP contribution in [-0.4, -0.2) is 19.2 Å². The van der Waals surface area contributed by atoms with Crippen LogP contribution in [0.15, 0.2) is 18.2 Å². The molecule has 0 radical (unpaired) electrons. The van der Waals surface area contributed by atoms with E-state index in [9.17, 15) is 0 Å². The number of nitriles is 1. The van der Waals surface area contributed by atoms with Crippen molar-refractivity contribution in [2.75, 3.05) is 13.2 Å². The van der Waals surface area contributed by atoms with Crippen LogP contribution in [-0.2, 0) is 0 Å². The van der Waals surface area contributed by atoms with Gasteiger partial charge in [0.05, 0.1) is 11.6 Å². The molecule has 0 fully saturated rings. The van der Waals surface area contributed by atoms with Crippen LogP contribution < -0.4 is 10.1 Å². The Kier molecular flexibility index (Phi) is 4.81. The molecule has 1 rings (SSSR count). The van der Waals surface area contributed by atoms with Crippen LogP contribution in [0.4, 0.5) is 0 Å². The summed E-state index contributed by atoms with van der Waals surface area (Å²) in [5, 5.41) is 12.0. The van der Waals surface area contributed by atoms with Crippen LogP contribution in [0.25, 0.3) is 0 Å². The number of hydrogen-bond donors (Lipinski definition) is 1. The molecule has 0 aliphatic carbocycles. The first-order valence-electron chi connectivity index (χ1n) is 5.50. The second-order valence-corrected chi connectivity index (χ2v) is 4.05. The zero-order valence-corrected chi connectivity index (χ0v) is 10.1. The van der Waals surface area contributed by atoms with Crippen LogP contribution in [0.3, 0.4) is 0 Å². The van der Waals surface area contributed by atoms with Gasteiger partial charge >= 0.3 is 0 Å². The van der Waals surface area contributed by atoms with Crippen molar-refractivity contribution in [1.29, 1.82) is 5.26 Å². The van der Waals surface area contributed by atoms with Gasteiger partial charge < -0.3 is 10.1 Å². The quantitative estimate of drug-likeness (QED) is 0.771. The Morgan fingerprint density at radius 3 is 2.75 bits per heavy atom. The van der Waals surface area contributed by atoms with Crippen LogP contribution in [0, 0.1) is 18.3 Å². The molecule has 0 unspecified atom stereocenters. The second kappa shape index (κ2) is 6.14. The third-order valence-corrected chi connectivity index (χ3v) is 2.22. The molecule has 86 valence electrons. The Bertz CT molecular complexity index is 380. The third-order valence-electron chi connectivity index (χ3n) is 2.22. The maximum Gasteiger partial charge on any atom is 0.122 e. The van der Waals surface area contributed by atoms with Gasteiger partial charge in [-0.3, -0.25) is 0 Å². The molecule has 0 aliphatic heterocycles. The molecule has 0 saturated carbocycles. The molecule has 0 aliphatic rings. The molecular weight excluding hydrogens is 200 g/mol. The average molecular weight is 218 g/mol. The SMILES string of the molecule is Cc1cc(C#N)ccc1OCCNC(C)C. The van der Waals surface area contributed by atoms with E-state index in [0.717, 1.165) is 17.9 Å². The summed E-state index contributed by atoms with van der Waals surface area (Å²) in [5.74, 6) is 0.851. The van der Waals surface area contributed by atoms with Crippen molar-refractivity contribution in [3.63, 3.8) is 0 Å². The van der Waals surface area contributed by atoms with Crippen LogP contribution in [0.2, 0.25) is 0 Å². The molecule has 0 aromatic heterocycles. The van der Waals surface area contributed by atoms with Crippen molar-refractivity contribution in [3.8, 4) is 11.8 Å². The first kappa shape index (κ1) is 12.5. The normalized spacial score (nSPS) is 10.2. The largest absolute Gasteiger partial charge is 0.492 e. The number of benzene rings is 1. The molecular formula is C13H18N2O. The van der Waals surface area contributed by atoms with Gasteiger partial charge in [0.2, 0.25) is 0 Å². The van der Waals surface area contributed by atoms with Crippen molar-refractivity contribution < 1.29 is 4.74 Å². The lowest BCUT2D eigenvalue weighted by Gasteiger charge is -2.11. The first-order valence-corrected chi connectivity index (χ1v) is 5.50. The smallest absolute Gasteiger partial charge is 0.122 e. The average Bonchev–Trinajstić information content (AvgIpc) is 2.25. The Labute approximate surface area is 97.0 Å². The maximum absolute atomic E-state index is 8.73. The molecule has 3 heteroatoms.